The van der Waals surface area contributed by atoms with E-state index in [4.69, 9.17) is 0 Å². The fourth-order valence-corrected chi connectivity index (χ4v) is 2.23. The van der Waals surface area contributed by atoms with Gasteiger partial charge in [-0.2, -0.15) is 0 Å². The molecule has 1 aromatic carbocycles. The van der Waals surface area contributed by atoms with Gasteiger partial charge in [-0.15, -0.1) is 0 Å². The number of likely N-dealkylation sites (N-methyl/N-ethyl adjacent to an activating group) is 1. The van der Waals surface area contributed by atoms with Crippen molar-refractivity contribution in [3.8, 4) is 0 Å². The first kappa shape index (κ1) is 17.0. The van der Waals surface area contributed by atoms with Crippen LogP contribution in [0.1, 0.15) is 38.9 Å². The summed E-state index contributed by atoms with van der Waals surface area (Å²) in [6, 6.07) is 8.36. The summed E-state index contributed by atoms with van der Waals surface area (Å²) in [5.74, 6) is 0.637. The zero-order chi connectivity index (χ0) is 15.1. The Morgan fingerprint density at radius 3 is 2.10 bits per heavy atom. The molecule has 0 radical (unpaired) electrons. The van der Waals surface area contributed by atoms with Crippen LogP contribution in [0.4, 0.5) is 5.69 Å². The van der Waals surface area contributed by atoms with Crippen LogP contribution in [0.25, 0.3) is 0 Å². The molecule has 0 amide bonds. The van der Waals surface area contributed by atoms with Crippen LogP contribution in [0, 0.1) is 5.92 Å². The van der Waals surface area contributed by atoms with Gasteiger partial charge in [-0.1, -0.05) is 32.9 Å². The molecule has 1 atom stereocenters. The largest absolute Gasteiger partial charge is 0.388 e. The fourth-order valence-electron chi connectivity index (χ4n) is 2.23. The van der Waals surface area contributed by atoms with E-state index in [2.05, 4.69) is 49.9 Å². The molecular formula is C17H30N2O. The second-order valence-electron chi connectivity index (χ2n) is 6.16. The van der Waals surface area contributed by atoms with Gasteiger partial charge in [0.15, 0.2) is 0 Å². The zero-order valence-corrected chi connectivity index (χ0v) is 13.6. The van der Waals surface area contributed by atoms with Gasteiger partial charge in [0.05, 0.1) is 6.10 Å². The van der Waals surface area contributed by atoms with E-state index in [1.807, 2.05) is 19.1 Å². The first-order valence-corrected chi connectivity index (χ1v) is 7.61. The summed E-state index contributed by atoms with van der Waals surface area (Å²) < 4.78 is 0. The molecule has 0 saturated heterocycles. The van der Waals surface area contributed by atoms with E-state index in [1.165, 1.54) is 5.69 Å². The highest BCUT2D eigenvalue weighted by molar-refractivity contribution is 5.48. The van der Waals surface area contributed by atoms with E-state index in [1.54, 1.807) is 0 Å². The van der Waals surface area contributed by atoms with Crippen LogP contribution in [0.5, 0.6) is 0 Å². The lowest BCUT2D eigenvalue weighted by atomic mass is 10.1. The Morgan fingerprint density at radius 2 is 1.65 bits per heavy atom. The highest BCUT2D eigenvalue weighted by Gasteiger charge is 2.10. The van der Waals surface area contributed by atoms with Crippen LogP contribution >= 0.6 is 0 Å². The van der Waals surface area contributed by atoms with Crippen molar-refractivity contribution in [2.75, 3.05) is 38.6 Å². The molecule has 114 valence electrons. The molecule has 0 spiro atoms. The molecule has 1 unspecified atom stereocenters. The van der Waals surface area contributed by atoms with Crippen LogP contribution < -0.4 is 4.90 Å². The van der Waals surface area contributed by atoms with Crippen molar-refractivity contribution < 1.29 is 5.11 Å². The Bertz CT molecular complexity index is 373. The van der Waals surface area contributed by atoms with Crippen molar-refractivity contribution in [2.45, 2.75) is 33.3 Å². The number of aliphatic hydroxyl groups is 1. The molecule has 0 aliphatic heterocycles. The predicted octanol–water partition coefficient (Wildman–Crippen LogP) is 3.15. The lowest BCUT2D eigenvalue weighted by Crippen LogP contribution is -2.34. The van der Waals surface area contributed by atoms with Gasteiger partial charge >= 0.3 is 0 Å². The molecule has 0 fully saturated rings. The lowest BCUT2D eigenvalue weighted by Gasteiger charge is -2.28. The molecule has 0 aliphatic rings. The SMILES string of the molecule is CCC(O)c1ccc(N(CCN(C)C)CC(C)C)cc1. The van der Waals surface area contributed by atoms with Gasteiger partial charge in [-0.05, 0) is 44.1 Å². The van der Waals surface area contributed by atoms with Crippen LogP contribution in [0.15, 0.2) is 24.3 Å². The van der Waals surface area contributed by atoms with E-state index in [0.717, 1.165) is 31.6 Å². The first-order valence-electron chi connectivity index (χ1n) is 7.61. The van der Waals surface area contributed by atoms with E-state index in [-0.39, 0.29) is 6.10 Å². The second kappa shape index (κ2) is 8.28. The van der Waals surface area contributed by atoms with Crippen molar-refractivity contribution in [3.63, 3.8) is 0 Å². The summed E-state index contributed by atoms with van der Waals surface area (Å²) in [4.78, 5) is 4.63. The van der Waals surface area contributed by atoms with Crippen molar-refractivity contribution in [1.29, 1.82) is 0 Å². The Hall–Kier alpha value is -1.06. The summed E-state index contributed by atoms with van der Waals surface area (Å²) in [5, 5.41) is 9.86. The molecule has 1 N–H and O–H groups in total. The third kappa shape index (κ3) is 5.51. The summed E-state index contributed by atoms with van der Waals surface area (Å²) in [6.45, 7) is 9.63. The highest BCUT2D eigenvalue weighted by atomic mass is 16.3. The normalized spacial score (nSPS) is 13.0. The van der Waals surface area contributed by atoms with Crippen molar-refractivity contribution in [2.24, 2.45) is 5.92 Å². The Balaban J connectivity index is 2.79. The standard InChI is InChI=1S/C17H30N2O/c1-6-17(20)15-7-9-16(10-8-15)19(13-14(2)3)12-11-18(4)5/h7-10,14,17,20H,6,11-13H2,1-5H3. The summed E-state index contributed by atoms with van der Waals surface area (Å²) >= 11 is 0. The summed E-state index contributed by atoms with van der Waals surface area (Å²) in [7, 11) is 4.21. The molecule has 0 heterocycles. The smallest absolute Gasteiger partial charge is 0.0787 e. The van der Waals surface area contributed by atoms with Crippen molar-refractivity contribution in [1.82, 2.24) is 4.90 Å². The van der Waals surface area contributed by atoms with Crippen LogP contribution in [-0.2, 0) is 0 Å². The summed E-state index contributed by atoms with van der Waals surface area (Å²) in [5.41, 5.74) is 2.25. The van der Waals surface area contributed by atoms with E-state index in [9.17, 15) is 5.11 Å². The molecule has 3 nitrogen and oxygen atoms in total. The third-order valence-electron chi connectivity index (χ3n) is 3.43. The minimum absolute atomic E-state index is 0.343. The maximum absolute atomic E-state index is 9.86. The van der Waals surface area contributed by atoms with Gasteiger partial charge in [0.1, 0.15) is 0 Å². The average molecular weight is 278 g/mol. The number of benzene rings is 1. The van der Waals surface area contributed by atoms with Crippen LogP contribution in [-0.4, -0.2) is 43.7 Å². The number of rotatable bonds is 8. The fraction of sp³-hybridized carbons (Fsp3) is 0.647. The number of aliphatic hydroxyl groups excluding tert-OH is 1. The average Bonchev–Trinajstić information content (AvgIpc) is 2.42. The Kier molecular flexibility index (Phi) is 7.03. The second-order valence-corrected chi connectivity index (χ2v) is 6.16. The highest BCUT2D eigenvalue weighted by Crippen LogP contribution is 2.21. The lowest BCUT2D eigenvalue weighted by molar-refractivity contribution is 0.173. The molecule has 0 aromatic heterocycles. The molecule has 0 bridgehead atoms. The molecular weight excluding hydrogens is 248 g/mol. The number of hydrogen-bond acceptors (Lipinski definition) is 3. The van der Waals surface area contributed by atoms with E-state index >= 15 is 0 Å². The monoisotopic (exact) mass is 278 g/mol. The van der Waals surface area contributed by atoms with Gasteiger partial charge < -0.3 is 14.9 Å². The number of nitrogens with zero attached hydrogens (tertiary/aromatic N) is 2. The zero-order valence-electron chi connectivity index (χ0n) is 13.6. The van der Waals surface area contributed by atoms with E-state index in [0.29, 0.717) is 5.92 Å². The number of hydrogen-bond donors (Lipinski definition) is 1. The Labute approximate surface area is 124 Å². The molecule has 3 heteroatoms. The predicted molar refractivity (Wildman–Crippen MR) is 87.3 cm³/mol. The topological polar surface area (TPSA) is 26.7 Å². The van der Waals surface area contributed by atoms with Gasteiger partial charge in [0.2, 0.25) is 0 Å². The molecule has 1 aromatic rings. The van der Waals surface area contributed by atoms with Gasteiger partial charge in [-0.25, -0.2) is 0 Å². The molecule has 20 heavy (non-hydrogen) atoms. The van der Waals surface area contributed by atoms with E-state index < -0.39 is 0 Å². The maximum atomic E-state index is 9.86. The maximum Gasteiger partial charge on any atom is 0.0787 e. The van der Waals surface area contributed by atoms with Crippen molar-refractivity contribution in [3.05, 3.63) is 29.8 Å². The van der Waals surface area contributed by atoms with Gasteiger partial charge in [0, 0.05) is 25.3 Å². The third-order valence-corrected chi connectivity index (χ3v) is 3.43. The van der Waals surface area contributed by atoms with Crippen LogP contribution in [0.3, 0.4) is 0 Å². The van der Waals surface area contributed by atoms with Crippen LogP contribution in [0.2, 0.25) is 0 Å². The van der Waals surface area contributed by atoms with Gasteiger partial charge in [-0.3, -0.25) is 0 Å². The minimum atomic E-state index is -0.343. The minimum Gasteiger partial charge on any atom is -0.388 e. The molecule has 1 rings (SSSR count). The van der Waals surface area contributed by atoms with Crippen molar-refractivity contribution >= 4 is 5.69 Å². The first-order chi connectivity index (χ1) is 9.43. The molecule has 0 aliphatic carbocycles. The Morgan fingerprint density at radius 1 is 1.05 bits per heavy atom. The van der Waals surface area contributed by atoms with Gasteiger partial charge in [0.25, 0.3) is 0 Å². The quantitative estimate of drug-likeness (QED) is 0.791. The number of anilines is 1. The molecule has 0 saturated carbocycles. The summed E-state index contributed by atoms with van der Waals surface area (Å²) in [6.07, 6.45) is 0.416.